The summed E-state index contributed by atoms with van der Waals surface area (Å²) in [6.07, 6.45) is 5.52. The Morgan fingerprint density at radius 3 is 2.16 bits per heavy atom. The van der Waals surface area contributed by atoms with E-state index in [1.807, 2.05) is 22.7 Å². The third-order valence-corrected chi connectivity index (χ3v) is 6.38. The number of rotatable bonds is 6. The molecule has 1 saturated carbocycles. The summed E-state index contributed by atoms with van der Waals surface area (Å²) in [5.74, 6) is 0. The van der Waals surface area contributed by atoms with Gasteiger partial charge in [-0.3, -0.25) is 0 Å². The van der Waals surface area contributed by atoms with E-state index in [9.17, 15) is 0 Å². The zero-order chi connectivity index (χ0) is 13.1. The first-order chi connectivity index (χ1) is 9.33. The fraction of sp³-hybridized carbons (Fsp3) is 0.500. The summed E-state index contributed by atoms with van der Waals surface area (Å²) in [4.78, 5) is 2.88. The normalized spacial score (nSPS) is 17.6. The standard InChI is InChI=1S/C16H21NS2/c1-2-16(8-5-9-16)12-17-15(13-6-3-10-18-13)14-7-4-11-19-14/h3-4,6-7,10-11,15,17H,2,5,8-9,12H2,1H3. The molecule has 0 saturated heterocycles. The number of hydrogen-bond acceptors (Lipinski definition) is 3. The fourth-order valence-electron chi connectivity index (χ4n) is 2.90. The van der Waals surface area contributed by atoms with Crippen molar-refractivity contribution in [1.82, 2.24) is 5.32 Å². The second-order valence-electron chi connectivity index (χ2n) is 5.55. The van der Waals surface area contributed by atoms with E-state index in [0.29, 0.717) is 11.5 Å². The van der Waals surface area contributed by atoms with Gasteiger partial charge in [0.1, 0.15) is 0 Å². The topological polar surface area (TPSA) is 12.0 Å². The highest BCUT2D eigenvalue weighted by atomic mass is 32.1. The van der Waals surface area contributed by atoms with Crippen molar-refractivity contribution in [3.8, 4) is 0 Å². The van der Waals surface area contributed by atoms with Crippen molar-refractivity contribution in [3.05, 3.63) is 44.8 Å². The number of hydrogen-bond donors (Lipinski definition) is 1. The summed E-state index contributed by atoms with van der Waals surface area (Å²) in [6, 6.07) is 9.20. The molecule has 2 aromatic rings. The molecule has 102 valence electrons. The van der Waals surface area contributed by atoms with Gasteiger partial charge in [0.2, 0.25) is 0 Å². The van der Waals surface area contributed by atoms with Crippen LogP contribution in [0.4, 0.5) is 0 Å². The van der Waals surface area contributed by atoms with Crippen molar-refractivity contribution in [2.24, 2.45) is 5.41 Å². The van der Waals surface area contributed by atoms with Crippen LogP contribution in [0.5, 0.6) is 0 Å². The van der Waals surface area contributed by atoms with Gasteiger partial charge in [0.25, 0.3) is 0 Å². The average molecular weight is 291 g/mol. The van der Waals surface area contributed by atoms with E-state index >= 15 is 0 Å². The van der Waals surface area contributed by atoms with Gasteiger partial charge in [-0.1, -0.05) is 25.5 Å². The highest BCUT2D eigenvalue weighted by Crippen LogP contribution is 2.44. The highest BCUT2D eigenvalue weighted by Gasteiger charge is 2.35. The summed E-state index contributed by atoms with van der Waals surface area (Å²) in [5.41, 5.74) is 0.576. The van der Waals surface area contributed by atoms with Gasteiger partial charge in [0.05, 0.1) is 6.04 Å². The zero-order valence-electron chi connectivity index (χ0n) is 11.4. The van der Waals surface area contributed by atoms with Crippen LogP contribution in [0.3, 0.4) is 0 Å². The van der Waals surface area contributed by atoms with Crippen LogP contribution in [-0.4, -0.2) is 6.54 Å². The summed E-state index contributed by atoms with van der Waals surface area (Å²) in [7, 11) is 0. The van der Waals surface area contributed by atoms with Gasteiger partial charge >= 0.3 is 0 Å². The second kappa shape index (κ2) is 5.78. The fourth-order valence-corrected chi connectivity index (χ4v) is 4.61. The molecule has 0 bridgehead atoms. The van der Waals surface area contributed by atoms with Gasteiger partial charge in [-0.2, -0.15) is 0 Å². The Kier molecular flexibility index (Phi) is 4.06. The minimum atomic E-state index is 0.393. The molecule has 1 nitrogen and oxygen atoms in total. The van der Waals surface area contributed by atoms with E-state index in [0.717, 1.165) is 6.54 Å². The van der Waals surface area contributed by atoms with Gasteiger partial charge in [0.15, 0.2) is 0 Å². The van der Waals surface area contributed by atoms with Crippen molar-refractivity contribution >= 4 is 22.7 Å². The lowest BCUT2D eigenvalue weighted by Crippen LogP contribution is -2.40. The Morgan fingerprint density at radius 1 is 1.16 bits per heavy atom. The molecule has 0 atom stereocenters. The van der Waals surface area contributed by atoms with Gasteiger partial charge in [0, 0.05) is 16.3 Å². The van der Waals surface area contributed by atoms with Crippen LogP contribution in [0.15, 0.2) is 35.0 Å². The molecule has 1 aliphatic carbocycles. The molecule has 1 aliphatic rings. The summed E-state index contributed by atoms with van der Waals surface area (Å²) >= 11 is 3.71. The van der Waals surface area contributed by atoms with Gasteiger partial charge in [-0.15, -0.1) is 22.7 Å². The maximum atomic E-state index is 3.84. The molecular weight excluding hydrogens is 270 g/mol. The van der Waals surface area contributed by atoms with E-state index in [1.165, 1.54) is 35.4 Å². The molecule has 3 heteroatoms. The predicted octanol–water partition coefficient (Wildman–Crippen LogP) is 5.07. The molecule has 19 heavy (non-hydrogen) atoms. The van der Waals surface area contributed by atoms with Gasteiger partial charge < -0.3 is 5.32 Å². The summed E-state index contributed by atoms with van der Waals surface area (Å²) in [6.45, 7) is 3.50. The Bertz CT molecular complexity index is 443. The van der Waals surface area contributed by atoms with Crippen molar-refractivity contribution in [2.45, 2.75) is 38.6 Å². The first kappa shape index (κ1) is 13.3. The second-order valence-corrected chi connectivity index (χ2v) is 7.51. The van der Waals surface area contributed by atoms with E-state index < -0.39 is 0 Å². The molecular formula is C16H21NS2. The molecule has 3 rings (SSSR count). The first-order valence-electron chi connectivity index (χ1n) is 7.13. The third-order valence-electron chi connectivity index (χ3n) is 4.50. The monoisotopic (exact) mass is 291 g/mol. The Balaban J connectivity index is 1.73. The summed E-state index contributed by atoms with van der Waals surface area (Å²) in [5, 5.41) is 8.19. The molecule has 0 aliphatic heterocycles. The van der Waals surface area contributed by atoms with Crippen LogP contribution in [-0.2, 0) is 0 Å². The van der Waals surface area contributed by atoms with Gasteiger partial charge in [-0.05, 0) is 47.6 Å². The quantitative estimate of drug-likeness (QED) is 0.783. The van der Waals surface area contributed by atoms with Gasteiger partial charge in [-0.25, -0.2) is 0 Å². The smallest absolute Gasteiger partial charge is 0.0765 e. The van der Waals surface area contributed by atoms with Crippen LogP contribution in [0.25, 0.3) is 0 Å². The molecule has 2 heterocycles. The summed E-state index contributed by atoms with van der Waals surface area (Å²) < 4.78 is 0. The predicted molar refractivity (Wildman–Crippen MR) is 85.1 cm³/mol. The minimum absolute atomic E-state index is 0.393. The maximum absolute atomic E-state index is 3.84. The number of nitrogens with one attached hydrogen (secondary N) is 1. The molecule has 2 aromatic heterocycles. The van der Waals surface area contributed by atoms with E-state index in [-0.39, 0.29) is 0 Å². The van der Waals surface area contributed by atoms with Crippen LogP contribution >= 0.6 is 22.7 Å². The molecule has 0 amide bonds. The van der Waals surface area contributed by atoms with Crippen LogP contribution < -0.4 is 5.32 Å². The van der Waals surface area contributed by atoms with Crippen LogP contribution in [0.1, 0.15) is 48.4 Å². The highest BCUT2D eigenvalue weighted by molar-refractivity contribution is 7.11. The lowest BCUT2D eigenvalue weighted by atomic mass is 9.67. The SMILES string of the molecule is CCC1(CNC(c2cccs2)c2cccs2)CCC1. The third kappa shape index (κ3) is 2.78. The molecule has 0 radical (unpaired) electrons. The minimum Gasteiger partial charge on any atom is -0.304 e. The lowest BCUT2D eigenvalue weighted by molar-refractivity contribution is 0.121. The number of thiophene rings is 2. The maximum Gasteiger partial charge on any atom is 0.0765 e. The molecule has 1 N–H and O–H groups in total. The molecule has 0 unspecified atom stereocenters. The van der Waals surface area contributed by atoms with Crippen molar-refractivity contribution in [3.63, 3.8) is 0 Å². The van der Waals surface area contributed by atoms with Crippen molar-refractivity contribution < 1.29 is 0 Å². The van der Waals surface area contributed by atoms with E-state index in [4.69, 9.17) is 0 Å². The molecule has 1 fully saturated rings. The lowest BCUT2D eigenvalue weighted by Gasteiger charge is -2.42. The first-order valence-corrected chi connectivity index (χ1v) is 8.89. The Hall–Kier alpha value is -0.640. The van der Waals surface area contributed by atoms with Crippen LogP contribution in [0.2, 0.25) is 0 Å². The van der Waals surface area contributed by atoms with Crippen LogP contribution in [0, 0.1) is 5.41 Å². The average Bonchev–Trinajstić information content (AvgIpc) is 3.05. The van der Waals surface area contributed by atoms with Crippen molar-refractivity contribution in [2.75, 3.05) is 6.54 Å². The largest absolute Gasteiger partial charge is 0.304 e. The van der Waals surface area contributed by atoms with E-state index in [2.05, 4.69) is 47.3 Å². The molecule has 0 spiro atoms. The Morgan fingerprint density at radius 2 is 1.79 bits per heavy atom. The van der Waals surface area contributed by atoms with E-state index in [1.54, 1.807) is 0 Å². The van der Waals surface area contributed by atoms with Crippen molar-refractivity contribution in [1.29, 1.82) is 0 Å². The zero-order valence-corrected chi connectivity index (χ0v) is 13.0. The molecule has 0 aromatic carbocycles. The Labute approximate surface area is 123 Å².